The van der Waals surface area contributed by atoms with E-state index in [2.05, 4.69) is 11.5 Å². The van der Waals surface area contributed by atoms with E-state index in [0.717, 1.165) is 5.56 Å². The molecule has 1 saturated heterocycles. The molecule has 2 amide bonds. The molecule has 1 aliphatic rings. The Bertz CT molecular complexity index is 1510. The van der Waals surface area contributed by atoms with Gasteiger partial charge in [0.25, 0.3) is 11.8 Å². The minimum Gasteiger partial charge on any atom is -0.379 e. The van der Waals surface area contributed by atoms with E-state index in [1.54, 1.807) is 54.6 Å². The Kier molecular flexibility index (Phi) is 21.8. The number of hydrogen-bond donors (Lipinski definition) is 2. The van der Waals surface area contributed by atoms with Gasteiger partial charge in [-0.15, -0.1) is 9.35 Å². The third-order valence-electron chi connectivity index (χ3n) is 5.77. The number of carbonyl (C=O) groups excluding carboxylic acids is 6. The number of hydrogen-bond acceptors (Lipinski definition) is 11. The summed E-state index contributed by atoms with van der Waals surface area (Å²) in [6.45, 7) is 5.82. The number of carbonyl (C=O) groups is 6. The van der Waals surface area contributed by atoms with Gasteiger partial charge < -0.3 is 15.7 Å². The van der Waals surface area contributed by atoms with Gasteiger partial charge in [0.15, 0.2) is 23.1 Å². The van der Waals surface area contributed by atoms with Crippen LogP contribution in [0.3, 0.4) is 0 Å². The number of benzene rings is 3. The van der Waals surface area contributed by atoms with Crippen LogP contribution in [0.1, 0.15) is 73.2 Å². The Balaban J connectivity index is 0.000000668. The van der Waals surface area contributed by atoms with Gasteiger partial charge >= 0.3 is 11.4 Å². The van der Waals surface area contributed by atoms with Crippen molar-refractivity contribution in [1.82, 2.24) is 5.06 Å². The average molecular weight is 682 g/mol. The summed E-state index contributed by atoms with van der Waals surface area (Å²) in [6, 6.07) is 24.4. The summed E-state index contributed by atoms with van der Waals surface area (Å²) >= 11 is -2.23. The number of nitrogens with zero attached hydrogens (tertiary/aromatic N) is 1. The predicted molar refractivity (Wildman–Crippen MR) is 184 cm³/mol. The Labute approximate surface area is 283 Å². The third kappa shape index (κ3) is 16.1. The lowest BCUT2D eigenvalue weighted by molar-refractivity contribution is -0.175. The molecule has 13 heteroatoms. The molecule has 0 aromatic heterocycles. The largest absolute Gasteiger partial charge is 0.383 e. The fourth-order valence-corrected chi connectivity index (χ4v) is 4.34. The molecule has 258 valence electrons. The highest BCUT2D eigenvalue weighted by Gasteiger charge is 2.30. The number of nitrogens with two attached hydrogens (primary N) is 2. The van der Waals surface area contributed by atoms with Crippen molar-refractivity contribution < 1.29 is 41.4 Å². The lowest BCUT2D eigenvalue weighted by Gasteiger charge is -2.21. The van der Waals surface area contributed by atoms with Crippen molar-refractivity contribution in [3.05, 3.63) is 108 Å². The van der Waals surface area contributed by atoms with Gasteiger partial charge in [-0.1, -0.05) is 72.8 Å². The Morgan fingerprint density at radius 1 is 0.688 bits per heavy atom. The minimum absolute atomic E-state index is 0.0687. The van der Waals surface area contributed by atoms with Gasteiger partial charge in [-0.3, -0.25) is 28.8 Å². The monoisotopic (exact) mass is 681 g/mol. The van der Waals surface area contributed by atoms with Gasteiger partial charge in [0, 0.05) is 29.5 Å². The van der Waals surface area contributed by atoms with Crippen molar-refractivity contribution in [2.75, 3.05) is 14.1 Å². The molecule has 1 unspecified atom stereocenters. The van der Waals surface area contributed by atoms with E-state index < -0.39 is 23.2 Å². The number of Topliss-reactive ketones (excluding diaryl/α,β-unsaturated/α-hetero) is 3. The number of allylic oxidation sites excluding steroid dienone is 2. The summed E-state index contributed by atoms with van der Waals surface area (Å²) in [7, 11) is 3.00. The number of hydroxylamine groups is 2. The number of para-hydroxylation sites is 1. The van der Waals surface area contributed by atoms with E-state index in [-0.39, 0.29) is 36.0 Å². The summed E-state index contributed by atoms with van der Waals surface area (Å²) in [6.07, 6.45) is 2.27. The van der Waals surface area contributed by atoms with E-state index in [4.69, 9.17) is 8.47 Å². The minimum atomic E-state index is -2.23. The Morgan fingerprint density at radius 3 is 1.50 bits per heavy atom. The van der Waals surface area contributed by atoms with Crippen molar-refractivity contribution in [3.8, 4) is 5.75 Å². The van der Waals surface area contributed by atoms with Crippen LogP contribution in [-0.2, 0) is 34.8 Å². The molecule has 1 heterocycles. The van der Waals surface area contributed by atoms with E-state index >= 15 is 0 Å². The molecule has 1 aliphatic heterocycles. The first-order valence-corrected chi connectivity index (χ1v) is 15.6. The molecular formula is C35H43N3O9S. The van der Waals surface area contributed by atoms with Crippen molar-refractivity contribution in [2.45, 2.75) is 47.0 Å². The quantitative estimate of drug-likeness (QED) is 0.182. The number of rotatable bonds is 9. The molecule has 0 radical (unpaired) electrons. The van der Waals surface area contributed by atoms with Crippen LogP contribution in [0.4, 0.5) is 0 Å². The summed E-state index contributed by atoms with van der Waals surface area (Å²) in [5.41, 5.74) is 11.3. The average Bonchev–Trinajstić information content (AvgIpc) is 3.08. The molecule has 4 rings (SSSR count). The van der Waals surface area contributed by atoms with Gasteiger partial charge in [-0.25, -0.2) is 0 Å². The second-order valence-corrected chi connectivity index (χ2v) is 10.1. The van der Waals surface area contributed by atoms with Crippen molar-refractivity contribution in [2.24, 2.45) is 11.5 Å². The van der Waals surface area contributed by atoms with Gasteiger partial charge in [-0.05, 0) is 72.0 Å². The van der Waals surface area contributed by atoms with Crippen molar-refractivity contribution in [3.63, 3.8) is 0 Å². The van der Waals surface area contributed by atoms with E-state index in [0.29, 0.717) is 33.9 Å². The van der Waals surface area contributed by atoms with Crippen LogP contribution in [0.2, 0.25) is 0 Å². The predicted octanol–water partition coefficient (Wildman–Crippen LogP) is 4.60. The summed E-state index contributed by atoms with van der Waals surface area (Å²) in [5, 5.41) is 0.516. The van der Waals surface area contributed by atoms with E-state index in [1.165, 1.54) is 47.9 Å². The van der Waals surface area contributed by atoms with Crippen molar-refractivity contribution >= 4 is 51.9 Å². The lowest BCUT2D eigenvalue weighted by atomic mass is 10.0. The zero-order valence-corrected chi connectivity index (χ0v) is 28.8. The fraction of sp³-hybridized carbons (Fsp3) is 0.257. The third-order valence-corrected chi connectivity index (χ3v) is 6.37. The molecule has 0 spiro atoms. The topological polar surface area (TPSA) is 193 Å². The number of ketones is 4. The highest BCUT2D eigenvalue weighted by molar-refractivity contribution is 7.75. The van der Waals surface area contributed by atoms with Gasteiger partial charge in [0.05, 0.1) is 0 Å². The summed E-state index contributed by atoms with van der Waals surface area (Å²) < 4.78 is 21.1. The first-order valence-electron chi connectivity index (χ1n) is 14.6. The zero-order chi connectivity index (χ0) is 36.6. The van der Waals surface area contributed by atoms with Crippen LogP contribution in [0.15, 0.2) is 91.0 Å². The molecule has 0 saturated carbocycles. The van der Waals surface area contributed by atoms with Gasteiger partial charge in [-0.2, -0.15) is 4.21 Å². The maximum absolute atomic E-state index is 11.5. The maximum atomic E-state index is 11.5. The van der Waals surface area contributed by atoms with Crippen LogP contribution >= 0.6 is 0 Å². The van der Waals surface area contributed by atoms with Crippen LogP contribution in [0.5, 0.6) is 5.75 Å². The Morgan fingerprint density at radius 2 is 1.10 bits per heavy atom. The summed E-state index contributed by atoms with van der Waals surface area (Å²) in [5.74, 6) is -1.02. The molecule has 3 aromatic rings. The Hall–Kier alpha value is -4.95. The maximum Gasteiger partial charge on any atom is 0.383 e. The molecule has 0 aliphatic carbocycles. The molecule has 1 atom stereocenters. The molecular weight excluding hydrogens is 638 g/mol. The molecule has 12 nitrogen and oxygen atoms in total. The zero-order valence-electron chi connectivity index (χ0n) is 28.0. The van der Waals surface area contributed by atoms with Gasteiger partial charge in [0.1, 0.15) is 5.75 Å². The number of piperidine rings is 1. The van der Waals surface area contributed by atoms with Gasteiger partial charge in [0.2, 0.25) is 0 Å². The molecule has 0 bridgehead atoms. The normalized spacial score (nSPS) is 12.5. The summed E-state index contributed by atoms with van der Waals surface area (Å²) in [4.78, 5) is 67.0. The second-order valence-electron chi connectivity index (χ2n) is 9.36. The fourth-order valence-electron chi connectivity index (χ4n) is 3.75. The molecule has 4 N–H and O–H groups in total. The standard InChI is InChI=1S/C12H12O2.C11H11NO5S.C10H10O2.2CH5N/c1-9(13)8-12(10(2)14)11-6-4-3-5-7-11;13-10-7-4-8-11(14)12(10)17-18(15)16-9-5-2-1-3-6-9;1-7(11)9-5-3-4-6-10(9)8(2)12;2*1-2/h3-8H,1-2H3;1-3,5-6H,4,7-8H2;3-6H,1-2H3;2*2H2,1H3/b12-8+;;;;. The SMILES string of the molecule is CC(=O)/C=C(\C(C)=O)c1ccccc1.CC(=O)c1ccccc1C(C)=O.CN.CN.O=C1CCCC(=O)N1OS(=O)Oc1ccccc1. The van der Waals surface area contributed by atoms with E-state index in [9.17, 15) is 33.0 Å². The molecule has 3 aromatic carbocycles. The lowest BCUT2D eigenvalue weighted by Crippen LogP contribution is -2.40. The number of imide groups is 1. The van der Waals surface area contributed by atoms with E-state index in [1.807, 2.05) is 30.3 Å². The smallest absolute Gasteiger partial charge is 0.379 e. The molecule has 1 fully saturated rings. The van der Waals surface area contributed by atoms with Crippen molar-refractivity contribution in [1.29, 1.82) is 0 Å². The highest BCUT2D eigenvalue weighted by atomic mass is 32.2. The highest BCUT2D eigenvalue weighted by Crippen LogP contribution is 2.17. The van der Waals surface area contributed by atoms with Crippen LogP contribution in [-0.4, -0.2) is 58.3 Å². The van der Waals surface area contributed by atoms with Crippen LogP contribution < -0.4 is 15.7 Å². The second kappa shape index (κ2) is 24.3. The van der Waals surface area contributed by atoms with Crippen LogP contribution in [0.25, 0.3) is 5.57 Å². The first kappa shape index (κ1) is 43.0. The van der Waals surface area contributed by atoms with Crippen LogP contribution in [0, 0.1) is 0 Å². The first-order chi connectivity index (χ1) is 22.9. The molecule has 48 heavy (non-hydrogen) atoms. The number of amides is 2.